The fraction of sp³-hybridized carbons (Fsp3) is 0.296. The highest BCUT2D eigenvalue weighted by Crippen LogP contribution is 2.27. The number of nitrogens with one attached hydrogen (secondary N) is 1. The molecule has 0 aliphatic rings. The Balaban J connectivity index is 1.79. The molecule has 0 aliphatic carbocycles. The van der Waals surface area contributed by atoms with Gasteiger partial charge in [0.15, 0.2) is 0 Å². The summed E-state index contributed by atoms with van der Waals surface area (Å²) in [4.78, 5) is 12.9. The van der Waals surface area contributed by atoms with Crippen molar-refractivity contribution in [2.24, 2.45) is 0 Å². The fourth-order valence-corrected chi connectivity index (χ4v) is 3.54. The first-order chi connectivity index (χ1) is 14.9. The van der Waals surface area contributed by atoms with E-state index < -0.39 is 0 Å². The molecule has 1 atom stereocenters. The summed E-state index contributed by atoms with van der Waals surface area (Å²) >= 11 is 0. The maximum atomic E-state index is 12.9. The summed E-state index contributed by atoms with van der Waals surface area (Å²) in [5.41, 5.74) is 5.97. The molecule has 3 rings (SSSR count). The van der Waals surface area contributed by atoms with E-state index in [9.17, 15) is 4.79 Å². The average Bonchev–Trinajstić information content (AvgIpc) is 2.76. The minimum atomic E-state index is -0.122. The molecule has 3 aromatic rings. The van der Waals surface area contributed by atoms with Gasteiger partial charge in [0.1, 0.15) is 18.1 Å². The third-order valence-electron chi connectivity index (χ3n) is 5.42. The second-order valence-corrected chi connectivity index (χ2v) is 7.85. The molecule has 0 radical (unpaired) electrons. The number of aryl methyl sites for hydroxylation is 2. The highest BCUT2D eigenvalue weighted by atomic mass is 16.5. The standard InChI is InChI=1S/C27H31NO3/c1-6-30-25-13-12-23(27(29)28-21(5)22-10-8-7-9-11-22)16-24(25)17-31-26-15-18(2)14-19(3)20(26)4/h7-16,21H,6,17H2,1-5H3,(H,28,29)/t21-/m0/s1. The van der Waals surface area contributed by atoms with Crippen molar-refractivity contribution in [3.63, 3.8) is 0 Å². The van der Waals surface area contributed by atoms with Gasteiger partial charge in [-0.05, 0) is 81.1 Å². The van der Waals surface area contributed by atoms with Crippen LogP contribution >= 0.6 is 0 Å². The van der Waals surface area contributed by atoms with Gasteiger partial charge in [-0.3, -0.25) is 4.79 Å². The maximum absolute atomic E-state index is 12.9. The van der Waals surface area contributed by atoms with Crippen LogP contribution in [0.15, 0.2) is 60.7 Å². The van der Waals surface area contributed by atoms with E-state index >= 15 is 0 Å². The van der Waals surface area contributed by atoms with E-state index in [1.165, 1.54) is 5.56 Å². The summed E-state index contributed by atoms with van der Waals surface area (Å²) < 4.78 is 11.9. The maximum Gasteiger partial charge on any atom is 0.251 e. The lowest BCUT2D eigenvalue weighted by Gasteiger charge is -2.17. The first-order valence-electron chi connectivity index (χ1n) is 10.7. The normalized spacial score (nSPS) is 11.6. The number of rotatable bonds is 8. The van der Waals surface area contributed by atoms with Gasteiger partial charge < -0.3 is 14.8 Å². The van der Waals surface area contributed by atoms with Crippen molar-refractivity contribution in [1.82, 2.24) is 5.32 Å². The predicted octanol–water partition coefficient (Wildman–Crippen LogP) is 6.08. The zero-order valence-corrected chi connectivity index (χ0v) is 19.0. The minimum absolute atomic E-state index is 0.0853. The van der Waals surface area contributed by atoms with E-state index in [0.29, 0.717) is 18.8 Å². The third kappa shape index (κ3) is 5.66. The second kappa shape index (κ2) is 10.2. The highest BCUT2D eigenvalue weighted by Gasteiger charge is 2.15. The van der Waals surface area contributed by atoms with Crippen molar-refractivity contribution < 1.29 is 14.3 Å². The molecule has 162 valence electrons. The van der Waals surface area contributed by atoms with Crippen LogP contribution in [0.25, 0.3) is 0 Å². The van der Waals surface area contributed by atoms with Gasteiger partial charge in [-0.2, -0.15) is 0 Å². The average molecular weight is 418 g/mol. The van der Waals surface area contributed by atoms with Crippen LogP contribution in [0.5, 0.6) is 11.5 Å². The van der Waals surface area contributed by atoms with E-state index in [1.54, 1.807) is 6.07 Å². The number of benzene rings is 3. The molecule has 31 heavy (non-hydrogen) atoms. The summed E-state index contributed by atoms with van der Waals surface area (Å²) in [6.45, 7) is 11.0. The third-order valence-corrected chi connectivity index (χ3v) is 5.42. The molecule has 4 heteroatoms. The Morgan fingerprint density at radius 3 is 2.39 bits per heavy atom. The Bertz CT molecular complexity index is 1040. The monoisotopic (exact) mass is 417 g/mol. The van der Waals surface area contributed by atoms with Crippen molar-refractivity contribution in [2.75, 3.05) is 6.61 Å². The smallest absolute Gasteiger partial charge is 0.251 e. The fourth-order valence-electron chi connectivity index (χ4n) is 3.54. The van der Waals surface area contributed by atoms with E-state index in [-0.39, 0.29) is 11.9 Å². The van der Waals surface area contributed by atoms with Crippen LogP contribution in [-0.2, 0) is 6.61 Å². The molecule has 0 aliphatic heterocycles. The van der Waals surface area contributed by atoms with Gasteiger partial charge in [-0.15, -0.1) is 0 Å². The van der Waals surface area contributed by atoms with Gasteiger partial charge in [0, 0.05) is 11.1 Å². The van der Waals surface area contributed by atoms with Crippen LogP contribution in [-0.4, -0.2) is 12.5 Å². The molecular formula is C27H31NO3. The molecule has 3 aromatic carbocycles. The lowest BCUT2D eigenvalue weighted by molar-refractivity contribution is 0.0939. The lowest BCUT2D eigenvalue weighted by atomic mass is 10.1. The van der Waals surface area contributed by atoms with Gasteiger partial charge in [0.05, 0.1) is 12.6 Å². The molecule has 0 spiro atoms. The van der Waals surface area contributed by atoms with Gasteiger partial charge >= 0.3 is 0 Å². The summed E-state index contributed by atoms with van der Waals surface area (Å²) in [6, 6.07) is 19.5. The number of carbonyl (C=O) groups excluding carboxylic acids is 1. The first-order valence-corrected chi connectivity index (χ1v) is 10.7. The number of hydrogen-bond acceptors (Lipinski definition) is 3. The zero-order chi connectivity index (χ0) is 22.4. The Hall–Kier alpha value is -3.27. The molecule has 0 fully saturated rings. The van der Waals surface area contributed by atoms with Crippen molar-refractivity contribution >= 4 is 5.91 Å². The van der Waals surface area contributed by atoms with Crippen molar-refractivity contribution in [1.29, 1.82) is 0 Å². The molecule has 0 bridgehead atoms. The molecule has 1 amide bonds. The van der Waals surface area contributed by atoms with Gasteiger partial charge in [-0.1, -0.05) is 36.4 Å². The van der Waals surface area contributed by atoms with Crippen molar-refractivity contribution in [3.05, 3.63) is 94.0 Å². The summed E-state index contributed by atoms with van der Waals surface area (Å²) in [7, 11) is 0. The molecule has 0 saturated heterocycles. The lowest BCUT2D eigenvalue weighted by Crippen LogP contribution is -2.26. The Labute approximate surface area is 185 Å². The largest absolute Gasteiger partial charge is 0.493 e. The van der Waals surface area contributed by atoms with Crippen LogP contribution in [0.2, 0.25) is 0 Å². The predicted molar refractivity (Wildman–Crippen MR) is 125 cm³/mol. The van der Waals surface area contributed by atoms with Crippen LogP contribution in [0, 0.1) is 20.8 Å². The van der Waals surface area contributed by atoms with Gasteiger partial charge in [0.2, 0.25) is 0 Å². The van der Waals surface area contributed by atoms with E-state index in [2.05, 4.69) is 32.2 Å². The number of hydrogen-bond donors (Lipinski definition) is 1. The SMILES string of the molecule is CCOc1ccc(C(=O)N[C@@H](C)c2ccccc2)cc1COc1cc(C)cc(C)c1C. The molecule has 0 unspecified atom stereocenters. The number of ether oxygens (including phenoxy) is 2. The van der Waals surface area contributed by atoms with Crippen LogP contribution < -0.4 is 14.8 Å². The summed E-state index contributed by atoms with van der Waals surface area (Å²) in [6.07, 6.45) is 0. The van der Waals surface area contributed by atoms with E-state index in [4.69, 9.17) is 9.47 Å². The van der Waals surface area contributed by atoms with E-state index in [1.807, 2.05) is 62.4 Å². The molecule has 1 N–H and O–H groups in total. The first kappa shape index (κ1) is 22.4. The molecule has 0 aromatic heterocycles. The summed E-state index contributed by atoms with van der Waals surface area (Å²) in [5.74, 6) is 1.47. The minimum Gasteiger partial charge on any atom is -0.493 e. The molecular weight excluding hydrogens is 386 g/mol. The highest BCUT2D eigenvalue weighted by molar-refractivity contribution is 5.94. The molecule has 4 nitrogen and oxygen atoms in total. The van der Waals surface area contributed by atoms with Crippen molar-refractivity contribution in [2.45, 2.75) is 47.3 Å². The van der Waals surface area contributed by atoms with E-state index in [0.717, 1.165) is 33.8 Å². The molecule has 0 heterocycles. The van der Waals surface area contributed by atoms with Gasteiger partial charge in [0.25, 0.3) is 5.91 Å². The Kier molecular flexibility index (Phi) is 7.35. The van der Waals surface area contributed by atoms with Crippen LogP contribution in [0.4, 0.5) is 0 Å². The van der Waals surface area contributed by atoms with Crippen LogP contribution in [0.3, 0.4) is 0 Å². The van der Waals surface area contributed by atoms with Crippen molar-refractivity contribution in [3.8, 4) is 11.5 Å². The second-order valence-electron chi connectivity index (χ2n) is 7.85. The zero-order valence-electron chi connectivity index (χ0n) is 19.0. The number of amides is 1. The topological polar surface area (TPSA) is 47.6 Å². The van der Waals surface area contributed by atoms with Gasteiger partial charge in [-0.25, -0.2) is 0 Å². The van der Waals surface area contributed by atoms with Crippen LogP contribution in [0.1, 0.15) is 58.1 Å². The Morgan fingerprint density at radius 1 is 0.935 bits per heavy atom. The molecule has 0 saturated carbocycles. The summed E-state index contributed by atoms with van der Waals surface area (Å²) in [5, 5.41) is 3.07. The number of carbonyl (C=O) groups is 1. The Morgan fingerprint density at radius 2 is 1.68 bits per heavy atom. The quantitative estimate of drug-likeness (QED) is 0.483.